The Bertz CT molecular complexity index is 645. The van der Waals surface area contributed by atoms with E-state index in [2.05, 4.69) is 21.9 Å². The number of halogens is 1. The largest absolute Gasteiger partial charge is 0.395 e. The monoisotopic (exact) mass is 291 g/mol. The molecule has 0 atom stereocenters. The van der Waals surface area contributed by atoms with Crippen LogP contribution in [-0.4, -0.2) is 26.5 Å². The van der Waals surface area contributed by atoms with E-state index in [1.54, 1.807) is 16.8 Å². The third-order valence-corrected chi connectivity index (χ3v) is 3.63. The molecule has 0 spiro atoms. The van der Waals surface area contributed by atoms with E-state index in [9.17, 15) is 4.39 Å². The first kappa shape index (κ1) is 14.6. The SMILES string of the molecule is Cn1ncnc1SCc1ccc(F)c(C#CCCO)c1. The zero-order valence-corrected chi connectivity index (χ0v) is 11.8. The first-order valence-corrected chi connectivity index (χ1v) is 7.04. The molecule has 1 N–H and O–H groups in total. The van der Waals surface area contributed by atoms with Crippen LogP contribution < -0.4 is 0 Å². The second-order valence-electron chi connectivity index (χ2n) is 4.04. The lowest BCUT2D eigenvalue weighted by molar-refractivity contribution is 0.305. The highest BCUT2D eigenvalue weighted by Crippen LogP contribution is 2.21. The predicted molar refractivity (Wildman–Crippen MR) is 75.5 cm³/mol. The van der Waals surface area contributed by atoms with Gasteiger partial charge in [0.2, 0.25) is 0 Å². The Morgan fingerprint density at radius 2 is 2.30 bits per heavy atom. The normalized spacial score (nSPS) is 10.2. The van der Waals surface area contributed by atoms with E-state index in [0.717, 1.165) is 10.7 Å². The molecular formula is C14H14FN3OS. The van der Waals surface area contributed by atoms with Gasteiger partial charge in [-0.1, -0.05) is 29.7 Å². The van der Waals surface area contributed by atoms with E-state index in [0.29, 0.717) is 17.7 Å². The number of rotatable bonds is 4. The summed E-state index contributed by atoms with van der Waals surface area (Å²) in [4.78, 5) is 4.12. The molecule has 2 rings (SSSR count). The molecule has 0 saturated heterocycles. The summed E-state index contributed by atoms with van der Waals surface area (Å²) >= 11 is 1.53. The fourth-order valence-corrected chi connectivity index (χ4v) is 2.37. The van der Waals surface area contributed by atoms with Crippen LogP contribution in [0.4, 0.5) is 4.39 Å². The highest BCUT2D eigenvalue weighted by Gasteiger charge is 2.05. The van der Waals surface area contributed by atoms with Gasteiger partial charge in [0.1, 0.15) is 12.1 Å². The van der Waals surface area contributed by atoms with E-state index >= 15 is 0 Å². The van der Waals surface area contributed by atoms with Crippen molar-refractivity contribution in [3.63, 3.8) is 0 Å². The van der Waals surface area contributed by atoms with Gasteiger partial charge in [-0.05, 0) is 17.7 Å². The van der Waals surface area contributed by atoms with Crippen molar-refractivity contribution in [2.45, 2.75) is 17.3 Å². The van der Waals surface area contributed by atoms with Crippen LogP contribution in [0.3, 0.4) is 0 Å². The minimum atomic E-state index is -0.345. The third kappa shape index (κ3) is 3.83. The zero-order valence-electron chi connectivity index (χ0n) is 11.0. The van der Waals surface area contributed by atoms with Gasteiger partial charge in [0, 0.05) is 19.2 Å². The van der Waals surface area contributed by atoms with Crippen LogP contribution in [-0.2, 0) is 12.8 Å². The van der Waals surface area contributed by atoms with Crippen molar-refractivity contribution < 1.29 is 9.50 Å². The highest BCUT2D eigenvalue weighted by atomic mass is 32.2. The summed E-state index contributed by atoms with van der Waals surface area (Å²) in [6, 6.07) is 4.87. The second kappa shape index (κ2) is 7.08. The molecule has 0 saturated carbocycles. The molecule has 1 aromatic heterocycles. The van der Waals surface area contributed by atoms with Crippen molar-refractivity contribution in [2.24, 2.45) is 7.05 Å². The molecule has 6 heteroatoms. The Morgan fingerprint density at radius 1 is 1.45 bits per heavy atom. The van der Waals surface area contributed by atoms with Crippen molar-refractivity contribution in [2.75, 3.05) is 6.61 Å². The van der Waals surface area contributed by atoms with Crippen molar-refractivity contribution in [3.8, 4) is 11.8 Å². The van der Waals surface area contributed by atoms with Gasteiger partial charge < -0.3 is 5.11 Å². The molecule has 2 aromatic rings. The standard InChI is InChI=1S/C14H14FN3OS/c1-18-14(16-10-17-18)20-9-11-5-6-13(15)12(8-11)4-2-3-7-19/h5-6,8,10,19H,3,7,9H2,1H3. The number of aliphatic hydroxyl groups excluding tert-OH is 1. The van der Waals surface area contributed by atoms with Gasteiger partial charge >= 0.3 is 0 Å². The van der Waals surface area contributed by atoms with Gasteiger partial charge in [-0.25, -0.2) is 14.1 Å². The number of aliphatic hydroxyl groups is 1. The summed E-state index contributed by atoms with van der Waals surface area (Å²) in [5, 5.41) is 13.5. The lowest BCUT2D eigenvalue weighted by atomic mass is 10.1. The third-order valence-electron chi connectivity index (χ3n) is 2.53. The first-order chi connectivity index (χ1) is 9.70. The lowest BCUT2D eigenvalue weighted by Crippen LogP contribution is -1.94. The molecule has 0 fully saturated rings. The minimum Gasteiger partial charge on any atom is -0.395 e. The van der Waals surface area contributed by atoms with Crippen molar-refractivity contribution >= 4 is 11.8 Å². The fraction of sp³-hybridized carbons (Fsp3) is 0.286. The van der Waals surface area contributed by atoms with Gasteiger partial charge in [-0.3, -0.25) is 0 Å². The van der Waals surface area contributed by atoms with Crippen LogP contribution in [0.25, 0.3) is 0 Å². The Morgan fingerprint density at radius 3 is 3.00 bits per heavy atom. The maximum Gasteiger partial charge on any atom is 0.186 e. The Kier molecular flexibility index (Phi) is 5.16. The summed E-state index contributed by atoms with van der Waals surface area (Å²) < 4.78 is 15.3. The van der Waals surface area contributed by atoms with Crippen LogP contribution >= 0.6 is 11.8 Å². The number of benzene rings is 1. The van der Waals surface area contributed by atoms with Crippen LogP contribution in [0.2, 0.25) is 0 Å². The first-order valence-electron chi connectivity index (χ1n) is 6.05. The summed E-state index contributed by atoms with van der Waals surface area (Å²) in [6.07, 6.45) is 1.84. The molecule has 20 heavy (non-hydrogen) atoms. The molecular weight excluding hydrogens is 277 g/mol. The van der Waals surface area contributed by atoms with Gasteiger partial charge in [-0.2, -0.15) is 5.10 Å². The highest BCUT2D eigenvalue weighted by molar-refractivity contribution is 7.98. The average molecular weight is 291 g/mol. The molecule has 0 unspecified atom stereocenters. The van der Waals surface area contributed by atoms with Crippen LogP contribution in [0.1, 0.15) is 17.5 Å². The van der Waals surface area contributed by atoms with Gasteiger partial charge in [0.05, 0.1) is 12.2 Å². The maximum absolute atomic E-state index is 13.6. The molecule has 104 valence electrons. The molecule has 1 heterocycles. The predicted octanol–water partition coefficient (Wildman–Crippen LogP) is 1.98. The van der Waals surface area contributed by atoms with Crippen LogP contribution in [0.5, 0.6) is 0 Å². The molecule has 0 radical (unpaired) electrons. The molecule has 0 amide bonds. The second-order valence-corrected chi connectivity index (χ2v) is 4.99. The smallest absolute Gasteiger partial charge is 0.186 e. The number of thioether (sulfide) groups is 1. The molecule has 0 aliphatic rings. The fourth-order valence-electron chi connectivity index (χ4n) is 1.54. The number of aromatic nitrogens is 3. The van der Waals surface area contributed by atoms with E-state index in [1.807, 2.05) is 7.05 Å². The topological polar surface area (TPSA) is 50.9 Å². The van der Waals surface area contributed by atoms with E-state index in [4.69, 9.17) is 5.11 Å². The van der Waals surface area contributed by atoms with Crippen LogP contribution in [0.15, 0.2) is 29.7 Å². The zero-order chi connectivity index (χ0) is 14.4. The molecule has 0 aliphatic heterocycles. The van der Waals surface area contributed by atoms with Gasteiger partial charge in [-0.15, -0.1) is 0 Å². The molecule has 0 bridgehead atoms. The number of hydrogen-bond donors (Lipinski definition) is 1. The minimum absolute atomic E-state index is 0.0175. The van der Waals surface area contributed by atoms with Crippen molar-refractivity contribution in [3.05, 3.63) is 41.5 Å². The Hall–Kier alpha value is -1.84. The van der Waals surface area contributed by atoms with Crippen LogP contribution in [0, 0.1) is 17.7 Å². The number of hydrogen-bond acceptors (Lipinski definition) is 4. The Labute approximate surface area is 121 Å². The van der Waals surface area contributed by atoms with E-state index in [1.165, 1.54) is 24.2 Å². The summed E-state index contributed by atoms with van der Waals surface area (Å²) in [5.74, 6) is 5.78. The molecule has 0 aliphatic carbocycles. The summed E-state index contributed by atoms with van der Waals surface area (Å²) in [5.41, 5.74) is 1.32. The summed E-state index contributed by atoms with van der Waals surface area (Å²) in [7, 11) is 1.83. The molecule has 1 aromatic carbocycles. The maximum atomic E-state index is 13.6. The average Bonchev–Trinajstić information content (AvgIpc) is 2.85. The number of nitrogens with zero attached hydrogens (tertiary/aromatic N) is 3. The quantitative estimate of drug-likeness (QED) is 0.691. The van der Waals surface area contributed by atoms with Gasteiger partial charge in [0.25, 0.3) is 0 Å². The van der Waals surface area contributed by atoms with E-state index in [-0.39, 0.29) is 12.4 Å². The van der Waals surface area contributed by atoms with Gasteiger partial charge in [0.15, 0.2) is 5.16 Å². The van der Waals surface area contributed by atoms with Crippen molar-refractivity contribution in [1.82, 2.24) is 14.8 Å². The van der Waals surface area contributed by atoms with E-state index < -0.39 is 0 Å². The summed E-state index contributed by atoms with van der Waals surface area (Å²) in [6.45, 7) is -0.0175. The van der Waals surface area contributed by atoms with Crippen molar-refractivity contribution in [1.29, 1.82) is 0 Å². The Balaban J connectivity index is 2.08. The molecule has 4 nitrogen and oxygen atoms in total. The number of aryl methyl sites for hydroxylation is 1. The lowest BCUT2D eigenvalue weighted by Gasteiger charge is -2.03.